The van der Waals surface area contributed by atoms with Crippen molar-refractivity contribution in [2.24, 2.45) is 0 Å². The molecule has 0 atom stereocenters. The van der Waals surface area contributed by atoms with E-state index in [0.717, 1.165) is 11.3 Å². The summed E-state index contributed by atoms with van der Waals surface area (Å²) in [5.41, 5.74) is 2.19. The van der Waals surface area contributed by atoms with Crippen LogP contribution in [0.15, 0.2) is 65.6 Å². The van der Waals surface area contributed by atoms with Crippen molar-refractivity contribution in [3.05, 3.63) is 65.7 Å². The van der Waals surface area contributed by atoms with Crippen LogP contribution in [0.1, 0.15) is 0 Å². The van der Waals surface area contributed by atoms with E-state index in [0.29, 0.717) is 10.7 Å². The van der Waals surface area contributed by atoms with Crippen LogP contribution in [0.4, 0.5) is 11.5 Å². The predicted octanol–water partition coefficient (Wildman–Crippen LogP) is 3.66. The summed E-state index contributed by atoms with van der Waals surface area (Å²) in [6.45, 7) is 0. The molecular formula is C18H17ClN4O2S. The Bertz CT molecular complexity index is 1020. The molecule has 3 aromatic rings. The standard InChI is InChI=1S/C18H17ClN4O2S/c1-23(2)15-7-4-8-16(12-15)26(24,25)22-18-10-9-17(20-21-18)13-5-3-6-14(19)11-13/h3-12H,1-2H3,(H,21,22). The fraction of sp³-hybridized carbons (Fsp3) is 0.111. The number of anilines is 2. The van der Waals surface area contributed by atoms with E-state index >= 15 is 0 Å². The van der Waals surface area contributed by atoms with Crippen molar-refractivity contribution in [3.8, 4) is 11.3 Å². The minimum atomic E-state index is -3.75. The number of hydrogen-bond donors (Lipinski definition) is 1. The van der Waals surface area contributed by atoms with Crippen molar-refractivity contribution in [2.45, 2.75) is 4.90 Å². The van der Waals surface area contributed by atoms with Gasteiger partial charge in [-0.1, -0.05) is 29.8 Å². The summed E-state index contributed by atoms with van der Waals surface area (Å²) in [5, 5.41) is 8.62. The summed E-state index contributed by atoms with van der Waals surface area (Å²) in [5.74, 6) is 0.144. The smallest absolute Gasteiger partial charge is 0.263 e. The first-order chi connectivity index (χ1) is 12.3. The molecular weight excluding hydrogens is 372 g/mol. The Balaban J connectivity index is 1.83. The molecule has 8 heteroatoms. The van der Waals surface area contributed by atoms with Crippen LogP contribution in [0.25, 0.3) is 11.3 Å². The molecule has 26 heavy (non-hydrogen) atoms. The Hall–Kier alpha value is -2.64. The van der Waals surface area contributed by atoms with Gasteiger partial charge in [-0.3, -0.25) is 4.72 Å². The van der Waals surface area contributed by atoms with Gasteiger partial charge in [0.1, 0.15) is 0 Å². The van der Waals surface area contributed by atoms with Crippen LogP contribution >= 0.6 is 11.6 Å². The maximum absolute atomic E-state index is 12.6. The third-order valence-corrected chi connectivity index (χ3v) is 5.26. The van der Waals surface area contributed by atoms with Crippen LogP contribution in [0.3, 0.4) is 0 Å². The van der Waals surface area contributed by atoms with Gasteiger partial charge < -0.3 is 4.90 Å². The van der Waals surface area contributed by atoms with Gasteiger partial charge in [0.25, 0.3) is 10.0 Å². The van der Waals surface area contributed by atoms with Crippen LogP contribution in [0, 0.1) is 0 Å². The van der Waals surface area contributed by atoms with Gasteiger partial charge in [0, 0.05) is 30.4 Å². The van der Waals surface area contributed by atoms with Crippen LogP contribution in [0.5, 0.6) is 0 Å². The molecule has 6 nitrogen and oxygen atoms in total. The Morgan fingerprint density at radius 2 is 1.73 bits per heavy atom. The molecule has 0 bridgehead atoms. The Morgan fingerprint density at radius 1 is 0.962 bits per heavy atom. The van der Waals surface area contributed by atoms with Crippen molar-refractivity contribution in [2.75, 3.05) is 23.7 Å². The highest BCUT2D eigenvalue weighted by Gasteiger charge is 2.16. The number of halogens is 1. The summed E-state index contributed by atoms with van der Waals surface area (Å²) in [6.07, 6.45) is 0. The van der Waals surface area contributed by atoms with Gasteiger partial charge in [0.2, 0.25) is 0 Å². The second-order valence-electron chi connectivity index (χ2n) is 5.81. The Labute approximate surface area is 157 Å². The fourth-order valence-electron chi connectivity index (χ4n) is 2.31. The minimum Gasteiger partial charge on any atom is -0.378 e. The third kappa shape index (κ3) is 4.12. The molecule has 0 radical (unpaired) electrons. The molecule has 1 aromatic heterocycles. The van der Waals surface area contributed by atoms with E-state index < -0.39 is 10.0 Å². The zero-order chi connectivity index (χ0) is 18.7. The molecule has 0 spiro atoms. The van der Waals surface area contributed by atoms with Crippen LogP contribution in [-0.2, 0) is 10.0 Å². The number of nitrogens with zero attached hydrogens (tertiary/aromatic N) is 3. The molecule has 1 N–H and O–H groups in total. The molecule has 0 unspecified atom stereocenters. The van der Waals surface area contributed by atoms with Gasteiger partial charge >= 0.3 is 0 Å². The molecule has 0 aliphatic rings. The lowest BCUT2D eigenvalue weighted by Gasteiger charge is -2.14. The average Bonchev–Trinajstić information content (AvgIpc) is 2.62. The maximum atomic E-state index is 12.6. The van der Waals surface area contributed by atoms with E-state index in [9.17, 15) is 8.42 Å². The van der Waals surface area contributed by atoms with E-state index in [1.165, 1.54) is 6.07 Å². The summed E-state index contributed by atoms with van der Waals surface area (Å²) in [4.78, 5) is 1.99. The lowest BCUT2D eigenvalue weighted by molar-refractivity contribution is 0.601. The van der Waals surface area contributed by atoms with Gasteiger partial charge in [-0.25, -0.2) is 8.42 Å². The number of nitrogens with one attached hydrogen (secondary N) is 1. The molecule has 0 fully saturated rings. The molecule has 0 aliphatic carbocycles. The summed E-state index contributed by atoms with van der Waals surface area (Å²) < 4.78 is 27.6. The van der Waals surface area contributed by atoms with Crippen LogP contribution in [0.2, 0.25) is 5.02 Å². The number of rotatable bonds is 5. The summed E-state index contributed by atoms with van der Waals surface area (Å²) in [6, 6.07) is 17.1. The fourth-order valence-corrected chi connectivity index (χ4v) is 3.54. The molecule has 3 rings (SSSR count). The minimum absolute atomic E-state index is 0.144. The quantitative estimate of drug-likeness (QED) is 0.721. The van der Waals surface area contributed by atoms with Gasteiger partial charge in [-0.2, -0.15) is 0 Å². The monoisotopic (exact) mass is 388 g/mol. The summed E-state index contributed by atoms with van der Waals surface area (Å²) >= 11 is 5.97. The third-order valence-electron chi connectivity index (χ3n) is 3.67. The van der Waals surface area contributed by atoms with Crippen molar-refractivity contribution in [3.63, 3.8) is 0 Å². The lowest BCUT2D eigenvalue weighted by Crippen LogP contribution is -2.15. The summed E-state index contributed by atoms with van der Waals surface area (Å²) in [7, 11) is -0.0610. The first kappa shape index (κ1) is 18.2. The van der Waals surface area contributed by atoms with Crippen LogP contribution in [-0.4, -0.2) is 32.7 Å². The van der Waals surface area contributed by atoms with E-state index in [1.54, 1.807) is 36.4 Å². The van der Waals surface area contributed by atoms with Gasteiger partial charge in [0.05, 0.1) is 10.6 Å². The topological polar surface area (TPSA) is 75.2 Å². The molecule has 0 saturated heterocycles. The van der Waals surface area contributed by atoms with Crippen molar-refractivity contribution in [1.82, 2.24) is 10.2 Å². The normalized spacial score (nSPS) is 11.2. The van der Waals surface area contributed by atoms with Crippen molar-refractivity contribution < 1.29 is 8.42 Å². The Kier molecular flexibility index (Phi) is 5.11. The average molecular weight is 389 g/mol. The molecule has 1 heterocycles. The molecule has 2 aromatic carbocycles. The molecule has 0 aliphatic heterocycles. The molecule has 0 amide bonds. The lowest BCUT2D eigenvalue weighted by atomic mass is 10.1. The van der Waals surface area contributed by atoms with Crippen LogP contribution < -0.4 is 9.62 Å². The second kappa shape index (κ2) is 7.31. The largest absolute Gasteiger partial charge is 0.378 e. The van der Waals surface area contributed by atoms with Gasteiger partial charge in [0.15, 0.2) is 5.82 Å². The Morgan fingerprint density at radius 3 is 2.38 bits per heavy atom. The van der Waals surface area contributed by atoms with Gasteiger partial charge in [-0.05, 0) is 42.5 Å². The van der Waals surface area contributed by atoms with Crippen molar-refractivity contribution in [1.29, 1.82) is 0 Å². The number of aromatic nitrogens is 2. The molecule has 0 saturated carbocycles. The number of sulfonamides is 1. The van der Waals surface area contributed by atoms with E-state index in [2.05, 4.69) is 14.9 Å². The second-order valence-corrected chi connectivity index (χ2v) is 7.93. The van der Waals surface area contributed by atoms with Gasteiger partial charge in [-0.15, -0.1) is 10.2 Å². The van der Waals surface area contributed by atoms with Crippen molar-refractivity contribution >= 4 is 33.1 Å². The predicted molar refractivity (Wildman–Crippen MR) is 104 cm³/mol. The highest BCUT2D eigenvalue weighted by molar-refractivity contribution is 7.92. The molecule has 134 valence electrons. The zero-order valence-electron chi connectivity index (χ0n) is 14.2. The first-order valence-electron chi connectivity index (χ1n) is 7.75. The maximum Gasteiger partial charge on any atom is 0.263 e. The highest BCUT2D eigenvalue weighted by Crippen LogP contribution is 2.22. The zero-order valence-corrected chi connectivity index (χ0v) is 15.8. The highest BCUT2D eigenvalue weighted by atomic mass is 35.5. The van der Waals surface area contributed by atoms with E-state index in [1.807, 2.05) is 37.2 Å². The van der Waals surface area contributed by atoms with E-state index in [-0.39, 0.29) is 10.7 Å². The number of hydrogen-bond acceptors (Lipinski definition) is 5. The SMILES string of the molecule is CN(C)c1cccc(S(=O)(=O)Nc2ccc(-c3cccc(Cl)c3)nn2)c1. The number of benzene rings is 2. The van der Waals surface area contributed by atoms with E-state index in [4.69, 9.17) is 11.6 Å². The first-order valence-corrected chi connectivity index (χ1v) is 9.61.